The van der Waals surface area contributed by atoms with Crippen LogP contribution in [0.25, 0.3) is 11.1 Å². The molecule has 1 N–H and O–H groups in total. The summed E-state index contributed by atoms with van der Waals surface area (Å²) >= 11 is 3.35. The van der Waals surface area contributed by atoms with Crippen LogP contribution in [0.2, 0.25) is 0 Å². The predicted octanol–water partition coefficient (Wildman–Crippen LogP) is 5.04. The van der Waals surface area contributed by atoms with Gasteiger partial charge in [-0.25, -0.2) is 5.43 Å². The molecule has 0 bridgehead atoms. The lowest BCUT2D eigenvalue weighted by molar-refractivity contribution is -0.123. The maximum Gasteiger partial charge on any atom is 0.277 e. The van der Waals surface area contributed by atoms with E-state index in [9.17, 15) is 4.79 Å². The Balaban J connectivity index is 1.55. The zero-order valence-corrected chi connectivity index (χ0v) is 16.4. The topological polar surface area (TPSA) is 50.7 Å². The van der Waals surface area contributed by atoms with Crippen molar-refractivity contribution in [2.45, 2.75) is 6.92 Å². The lowest BCUT2D eigenvalue weighted by atomic mass is 10.0. The average Bonchev–Trinajstić information content (AvgIpc) is 2.72. The molecule has 4 nitrogen and oxygen atoms in total. The Labute approximate surface area is 167 Å². The SMILES string of the molecule is CC(=NNC(=O)COc1ccc(Br)cc1)c1ccc(-c2ccccc2)cc1. The molecular weight excluding hydrogens is 404 g/mol. The lowest BCUT2D eigenvalue weighted by Gasteiger charge is -2.07. The number of amides is 1. The highest BCUT2D eigenvalue weighted by atomic mass is 79.9. The van der Waals surface area contributed by atoms with E-state index >= 15 is 0 Å². The monoisotopic (exact) mass is 422 g/mol. The molecule has 1 amide bonds. The summed E-state index contributed by atoms with van der Waals surface area (Å²) in [5.41, 5.74) is 6.50. The second-order valence-corrected chi connectivity index (χ2v) is 6.83. The van der Waals surface area contributed by atoms with Crippen molar-refractivity contribution >= 4 is 27.5 Å². The lowest BCUT2D eigenvalue weighted by Crippen LogP contribution is -2.25. The van der Waals surface area contributed by atoms with Crippen LogP contribution >= 0.6 is 15.9 Å². The van der Waals surface area contributed by atoms with E-state index in [-0.39, 0.29) is 12.5 Å². The molecule has 3 rings (SSSR count). The second-order valence-electron chi connectivity index (χ2n) is 5.92. The van der Waals surface area contributed by atoms with Crippen LogP contribution in [-0.2, 0) is 4.79 Å². The third-order valence-electron chi connectivity index (χ3n) is 3.94. The molecule has 0 saturated carbocycles. The Bertz CT molecular complexity index is 921. The minimum atomic E-state index is -0.307. The van der Waals surface area contributed by atoms with Gasteiger partial charge >= 0.3 is 0 Å². The van der Waals surface area contributed by atoms with Gasteiger partial charge in [0.05, 0.1) is 5.71 Å². The van der Waals surface area contributed by atoms with Gasteiger partial charge in [-0.3, -0.25) is 4.79 Å². The quantitative estimate of drug-likeness (QED) is 0.446. The van der Waals surface area contributed by atoms with Gasteiger partial charge in [-0.05, 0) is 47.9 Å². The Kier molecular flexibility index (Phi) is 6.39. The van der Waals surface area contributed by atoms with Crippen LogP contribution in [0.15, 0.2) is 88.4 Å². The number of hydrogen-bond acceptors (Lipinski definition) is 3. The van der Waals surface area contributed by atoms with E-state index in [1.54, 1.807) is 12.1 Å². The van der Waals surface area contributed by atoms with Crippen molar-refractivity contribution in [2.75, 3.05) is 6.61 Å². The highest BCUT2D eigenvalue weighted by Gasteiger charge is 2.04. The number of hydrogen-bond donors (Lipinski definition) is 1. The fraction of sp³-hybridized carbons (Fsp3) is 0.0909. The summed E-state index contributed by atoms with van der Waals surface area (Å²) < 4.78 is 6.38. The first-order chi connectivity index (χ1) is 13.1. The molecular formula is C22H19BrN2O2. The Morgan fingerprint density at radius 3 is 2.22 bits per heavy atom. The van der Waals surface area contributed by atoms with Crippen LogP contribution in [0.1, 0.15) is 12.5 Å². The largest absolute Gasteiger partial charge is 0.484 e. The Morgan fingerprint density at radius 2 is 1.56 bits per heavy atom. The first kappa shape index (κ1) is 18.9. The zero-order chi connectivity index (χ0) is 19.1. The van der Waals surface area contributed by atoms with Gasteiger partial charge < -0.3 is 4.74 Å². The molecule has 3 aromatic carbocycles. The minimum Gasteiger partial charge on any atom is -0.484 e. The summed E-state index contributed by atoms with van der Waals surface area (Å²) in [6.07, 6.45) is 0. The number of carbonyl (C=O) groups excluding carboxylic acids is 1. The van der Waals surface area contributed by atoms with E-state index in [1.165, 1.54) is 0 Å². The molecule has 5 heteroatoms. The van der Waals surface area contributed by atoms with Gasteiger partial charge in [0.15, 0.2) is 6.61 Å². The van der Waals surface area contributed by atoms with E-state index in [4.69, 9.17) is 4.74 Å². The van der Waals surface area contributed by atoms with Crippen LogP contribution in [-0.4, -0.2) is 18.2 Å². The van der Waals surface area contributed by atoms with Crippen molar-refractivity contribution in [2.24, 2.45) is 5.10 Å². The zero-order valence-electron chi connectivity index (χ0n) is 14.9. The summed E-state index contributed by atoms with van der Waals surface area (Å²) in [5, 5.41) is 4.15. The third-order valence-corrected chi connectivity index (χ3v) is 4.47. The molecule has 0 aliphatic heterocycles. The standard InChI is InChI=1S/C22H19BrN2O2/c1-16(17-7-9-19(10-8-17)18-5-3-2-4-6-18)24-25-22(26)15-27-21-13-11-20(23)12-14-21/h2-14H,15H2,1H3,(H,25,26). The third kappa shape index (κ3) is 5.53. The molecule has 0 aliphatic rings. The summed E-state index contributed by atoms with van der Waals surface area (Å²) in [5.74, 6) is 0.323. The van der Waals surface area contributed by atoms with Gasteiger partial charge in [0.1, 0.15) is 5.75 Å². The summed E-state index contributed by atoms with van der Waals surface area (Å²) in [6, 6.07) is 25.5. The maximum atomic E-state index is 11.9. The normalized spacial score (nSPS) is 11.1. The van der Waals surface area contributed by atoms with Crippen molar-refractivity contribution in [1.29, 1.82) is 0 Å². The molecule has 0 unspecified atom stereocenters. The number of halogens is 1. The summed E-state index contributed by atoms with van der Waals surface area (Å²) in [6.45, 7) is 1.76. The molecule has 0 atom stereocenters. The van der Waals surface area contributed by atoms with Crippen LogP contribution in [0.3, 0.4) is 0 Å². The fourth-order valence-electron chi connectivity index (χ4n) is 2.46. The van der Waals surface area contributed by atoms with Gasteiger partial charge in [0, 0.05) is 4.47 Å². The highest BCUT2D eigenvalue weighted by Crippen LogP contribution is 2.19. The van der Waals surface area contributed by atoms with Gasteiger partial charge in [-0.1, -0.05) is 70.5 Å². The highest BCUT2D eigenvalue weighted by molar-refractivity contribution is 9.10. The Hall–Kier alpha value is -2.92. The smallest absolute Gasteiger partial charge is 0.277 e. The van der Waals surface area contributed by atoms with Crippen LogP contribution in [0.4, 0.5) is 0 Å². The average molecular weight is 423 g/mol. The summed E-state index contributed by atoms with van der Waals surface area (Å²) in [7, 11) is 0. The van der Waals surface area contributed by atoms with Gasteiger partial charge in [-0.15, -0.1) is 0 Å². The molecule has 0 aliphatic carbocycles. The second kappa shape index (κ2) is 9.14. The molecule has 3 aromatic rings. The van der Waals surface area contributed by atoms with E-state index in [0.717, 1.165) is 26.9 Å². The van der Waals surface area contributed by atoms with Gasteiger partial charge in [0.25, 0.3) is 5.91 Å². The van der Waals surface area contributed by atoms with Gasteiger partial charge in [0.2, 0.25) is 0 Å². The van der Waals surface area contributed by atoms with Gasteiger partial charge in [-0.2, -0.15) is 5.10 Å². The minimum absolute atomic E-state index is 0.0919. The molecule has 27 heavy (non-hydrogen) atoms. The predicted molar refractivity (Wildman–Crippen MR) is 112 cm³/mol. The molecule has 0 fully saturated rings. The number of hydrazone groups is 1. The van der Waals surface area contributed by atoms with Crippen LogP contribution in [0.5, 0.6) is 5.75 Å². The number of carbonyl (C=O) groups is 1. The number of nitrogens with zero attached hydrogens (tertiary/aromatic N) is 1. The van der Waals surface area contributed by atoms with Crippen molar-refractivity contribution in [3.05, 3.63) is 88.9 Å². The first-order valence-corrected chi connectivity index (χ1v) is 9.28. The van der Waals surface area contributed by atoms with Crippen molar-refractivity contribution in [3.8, 4) is 16.9 Å². The first-order valence-electron chi connectivity index (χ1n) is 8.49. The molecule has 136 valence electrons. The van der Waals surface area contributed by atoms with Crippen molar-refractivity contribution in [3.63, 3.8) is 0 Å². The van der Waals surface area contributed by atoms with E-state index in [1.807, 2.05) is 61.5 Å². The summed E-state index contributed by atoms with van der Waals surface area (Å²) in [4.78, 5) is 11.9. The maximum absolute atomic E-state index is 11.9. The number of nitrogens with one attached hydrogen (secondary N) is 1. The number of benzene rings is 3. The molecule has 0 saturated heterocycles. The molecule has 0 heterocycles. The van der Waals surface area contributed by atoms with Crippen LogP contribution < -0.4 is 10.2 Å². The van der Waals surface area contributed by atoms with Crippen molar-refractivity contribution < 1.29 is 9.53 Å². The molecule has 0 radical (unpaired) electrons. The fourth-order valence-corrected chi connectivity index (χ4v) is 2.72. The van der Waals surface area contributed by atoms with Crippen LogP contribution in [0, 0.1) is 0 Å². The van der Waals surface area contributed by atoms with E-state index < -0.39 is 0 Å². The van der Waals surface area contributed by atoms with E-state index in [0.29, 0.717) is 5.75 Å². The molecule has 0 spiro atoms. The Morgan fingerprint density at radius 1 is 0.926 bits per heavy atom. The van der Waals surface area contributed by atoms with Crippen molar-refractivity contribution in [1.82, 2.24) is 5.43 Å². The number of rotatable bonds is 6. The molecule has 0 aromatic heterocycles. The van der Waals surface area contributed by atoms with E-state index in [2.05, 4.69) is 38.6 Å². The number of ether oxygens (including phenoxy) is 1.